The third kappa shape index (κ3) is 5.35. The molecule has 0 unspecified atom stereocenters. The molecule has 2 aromatic carbocycles. The molecule has 1 atom stereocenters. The fourth-order valence-electron chi connectivity index (χ4n) is 2.66. The van der Waals surface area contributed by atoms with E-state index in [1.807, 2.05) is 49.4 Å². The van der Waals surface area contributed by atoms with Gasteiger partial charge in [0.1, 0.15) is 5.75 Å². The molecule has 0 heterocycles. The Morgan fingerprint density at radius 2 is 1.76 bits per heavy atom. The SMILES string of the molecule is CC[C@H](NC(=O)Cc1ccccc1NC(C)=O)c1ccc(OC)cc1. The van der Waals surface area contributed by atoms with Crippen molar-refractivity contribution >= 4 is 17.5 Å². The van der Waals surface area contributed by atoms with E-state index in [-0.39, 0.29) is 24.3 Å². The quantitative estimate of drug-likeness (QED) is 0.811. The number of ether oxygens (including phenoxy) is 1. The number of amides is 2. The minimum atomic E-state index is -0.155. The number of anilines is 1. The van der Waals surface area contributed by atoms with Crippen LogP contribution in [0.4, 0.5) is 5.69 Å². The van der Waals surface area contributed by atoms with Crippen molar-refractivity contribution in [2.45, 2.75) is 32.7 Å². The smallest absolute Gasteiger partial charge is 0.224 e. The molecule has 2 amide bonds. The summed E-state index contributed by atoms with van der Waals surface area (Å²) in [4.78, 5) is 23.8. The fraction of sp³-hybridized carbons (Fsp3) is 0.300. The first-order valence-electron chi connectivity index (χ1n) is 8.32. The molecule has 0 saturated heterocycles. The van der Waals surface area contributed by atoms with Gasteiger partial charge in [-0.3, -0.25) is 9.59 Å². The van der Waals surface area contributed by atoms with Gasteiger partial charge in [-0.1, -0.05) is 37.3 Å². The summed E-state index contributed by atoms with van der Waals surface area (Å²) in [5, 5.41) is 5.81. The summed E-state index contributed by atoms with van der Waals surface area (Å²) >= 11 is 0. The van der Waals surface area contributed by atoms with Crippen molar-refractivity contribution in [1.82, 2.24) is 5.32 Å². The van der Waals surface area contributed by atoms with Crippen LogP contribution >= 0.6 is 0 Å². The minimum Gasteiger partial charge on any atom is -0.497 e. The Labute approximate surface area is 148 Å². The van der Waals surface area contributed by atoms with Gasteiger partial charge < -0.3 is 15.4 Å². The maximum Gasteiger partial charge on any atom is 0.224 e. The van der Waals surface area contributed by atoms with Crippen LogP contribution in [0.5, 0.6) is 5.75 Å². The molecule has 0 aliphatic carbocycles. The summed E-state index contributed by atoms with van der Waals surface area (Å²) in [6.07, 6.45) is 0.995. The van der Waals surface area contributed by atoms with Crippen LogP contribution < -0.4 is 15.4 Å². The molecule has 132 valence electrons. The van der Waals surface area contributed by atoms with Crippen LogP contribution in [0.3, 0.4) is 0 Å². The Balaban J connectivity index is 2.06. The third-order valence-corrected chi connectivity index (χ3v) is 3.94. The first-order valence-corrected chi connectivity index (χ1v) is 8.32. The molecule has 0 saturated carbocycles. The predicted octanol–water partition coefficient (Wildman–Crippen LogP) is 3.46. The summed E-state index contributed by atoms with van der Waals surface area (Å²) in [6, 6.07) is 15.0. The van der Waals surface area contributed by atoms with Gasteiger partial charge in [-0.2, -0.15) is 0 Å². The van der Waals surface area contributed by atoms with Gasteiger partial charge in [0.15, 0.2) is 0 Å². The molecule has 25 heavy (non-hydrogen) atoms. The molecular formula is C20H24N2O3. The van der Waals surface area contributed by atoms with Crippen molar-refractivity contribution in [3.05, 3.63) is 59.7 Å². The highest BCUT2D eigenvalue weighted by atomic mass is 16.5. The van der Waals surface area contributed by atoms with Crippen LogP contribution in [-0.2, 0) is 16.0 Å². The summed E-state index contributed by atoms with van der Waals surface area (Å²) < 4.78 is 5.17. The van der Waals surface area contributed by atoms with Gasteiger partial charge in [-0.05, 0) is 35.7 Å². The van der Waals surface area contributed by atoms with Crippen LogP contribution in [0.15, 0.2) is 48.5 Å². The molecule has 0 bridgehead atoms. The van der Waals surface area contributed by atoms with E-state index in [2.05, 4.69) is 10.6 Å². The van der Waals surface area contributed by atoms with Crippen LogP contribution in [-0.4, -0.2) is 18.9 Å². The van der Waals surface area contributed by atoms with E-state index >= 15 is 0 Å². The predicted molar refractivity (Wildman–Crippen MR) is 98.6 cm³/mol. The van der Waals surface area contributed by atoms with Crippen molar-refractivity contribution in [3.63, 3.8) is 0 Å². The molecular weight excluding hydrogens is 316 g/mol. The second kappa shape index (κ2) is 8.87. The molecule has 2 rings (SSSR count). The molecule has 0 spiro atoms. The number of para-hydroxylation sites is 1. The second-order valence-electron chi connectivity index (χ2n) is 5.82. The molecule has 0 fully saturated rings. The maximum atomic E-state index is 12.5. The Kier molecular flexibility index (Phi) is 6.57. The standard InChI is InChI=1S/C20H24N2O3/c1-4-18(15-9-11-17(25-3)12-10-15)22-20(24)13-16-7-5-6-8-19(16)21-14(2)23/h5-12,18H,4,13H2,1-3H3,(H,21,23)(H,22,24)/t18-/m0/s1. The largest absolute Gasteiger partial charge is 0.497 e. The van der Waals surface area contributed by atoms with E-state index in [1.165, 1.54) is 6.92 Å². The van der Waals surface area contributed by atoms with Gasteiger partial charge in [0.2, 0.25) is 11.8 Å². The van der Waals surface area contributed by atoms with E-state index < -0.39 is 0 Å². The second-order valence-corrected chi connectivity index (χ2v) is 5.82. The van der Waals surface area contributed by atoms with E-state index in [0.29, 0.717) is 5.69 Å². The fourth-order valence-corrected chi connectivity index (χ4v) is 2.66. The molecule has 5 heteroatoms. The summed E-state index contributed by atoms with van der Waals surface area (Å²) in [6.45, 7) is 3.48. The van der Waals surface area contributed by atoms with Gasteiger partial charge in [0.05, 0.1) is 19.6 Å². The zero-order chi connectivity index (χ0) is 18.2. The Morgan fingerprint density at radius 3 is 2.36 bits per heavy atom. The summed E-state index contributed by atoms with van der Waals surface area (Å²) in [5.74, 6) is 0.548. The van der Waals surface area contributed by atoms with Crippen LogP contribution in [0.1, 0.15) is 37.4 Å². The molecule has 0 aromatic heterocycles. The molecule has 5 nitrogen and oxygen atoms in total. The van der Waals surface area contributed by atoms with E-state index in [4.69, 9.17) is 4.74 Å². The lowest BCUT2D eigenvalue weighted by Crippen LogP contribution is -2.29. The average Bonchev–Trinajstić information content (AvgIpc) is 2.61. The number of hydrogen-bond acceptors (Lipinski definition) is 3. The normalized spacial score (nSPS) is 11.5. The number of carbonyl (C=O) groups excluding carboxylic acids is 2. The first kappa shape index (κ1) is 18.5. The maximum absolute atomic E-state index is 12.5. The molecule has 0 radical (unpaired) electrons. The number of nitrogens with one attached hydrogen (secondary N) is 2. The third-order valence-electron chi connectivity index (χ3n) is 3.94. The number of hydrogen-bond donors (Lipinski definition) is 2. The van der Waals surface area contributed by atoms with Crippen molar-refractivity contribution < 1.29 is 14.3 Å². The highest BCUT2D eigenvalue weighted by Crippen LogP contribution is 2.21. The van der Waals surface area contributed by atoms with Gasteiger partial charge in [-0.15, -0.1) is 0 Å². The number of methoxy groups -OCH3 is 1. The molecule has 2 N–H and O–H groups in total. The summed E-state index contributed by atoms with van der Waals surface area (Å²) in [7, 11) is 1.63. The lowest BCUT2D eigenvalue weighted by Gasteiger charge is -2.18. The zero-order valence-electron chi connectivity index (χ0n) is 14.8. The van der Waals surface area contributed by atoms with Gasteiger partial charge in [0, 0.05) is 12.6 Å². The summed E-state index contributed by atoms with van der Waals surface area (Å²) in [5.41, 5.74) is 2.49. The van der Waals surface area contributed by atoms with E-state index in [1.54, 1.807) is 13.2 Å². The van der Waals surface area contributed by atoms with Crippen molar-refractivity contribution in [1.29, 1.82) is 0 Å². The number of carbonyl (C=O) groups is 2. The van der Waals surface area contributed by atoms with Crippen molar-refractivity contribution in [3.8, 4) is 5.75 Å². The van der Waals surface area contributed by atoms with E-state index in [9.17, 15) is 9.59 Å². The molecule has 0 aliphatic heterocycles. The highest BCUT2D eigenvalue weighted by Gasteiger charge is 2.15. The van der Waals surface area contributed by atoms with Crippen molar-refractivity contribution in [2.75, 3.05) is 12.4 Å². The van der Waals surface area contributed by atoms with Crippen LogP contribution in [0, 0.1) is 0 Å². The lowest BCUT2D eigenvalue weighted by atomic mass is 10.0. The van der Waals surface area contributed by atoms with Crippen LogP contribution in [0.2, 0.25) is 0 Å². The van der Waals surface area contributed by atoms with Gasteiger partial charge >= 0.3 is 0 Å². The Hall–Kier alpha value is -2.82. The van der Waals surface area contributed by atoms with E-state index in [0.717, 1.165) is 23.3 Å². The zero-order valence-corrected chi connectivity index (χ0v) is 14.8. The van der Waals surface area contributed by atoms with Crippen molar-refractivity contribution in [2.24, 2.45) is 0 Å². The molecule has 0 aliphatic rings. The molecule has 2 aromatic rings. The highest BCUT2D eigenvalue weighted by molar-refractivity contribution is 5.91. The van der Waals surface area contributed by atoms with Gasteiger partial charge in [-0.25, -0.2) is 0 Å². The number of benzene rings is 2. The Bertz CT molecular complexity index is 726. The van der Waals surface area contributed by atoms with Crippen LogP contribution in [0.25, 0.3) is 0 Å². The average molecular weight is 340 g/mol. The Morgan fingerprint density at radius 1 is 1.08 bits per heavy atom. The minimum absolute atomic E-state index is 0.0636. The topological polar surface area (TPSA) is 67.4 Å². The van der Waals surface area contributed by atoms with Gasteiger partial charge in [0.25, 0.3) is 0 Å². The number of rotatable bonds is 7. The first-order chi connectivity index (χ1) is 12.0. The lowest BCUT2D eigenvalue weighted by molar-refractivity contribution is -0.121. The monoisotopic (exact) mass is 340 g/mol.